The fourth-order valence-corrected chi connectivity index (χ4v) is 2.97. The Kier molecular flexibility index (Phi) is 2.48. The molecule has 0 spiro atoms. The van der Waals surface area contributed by atoms with Gasteiger partial charge in [0, 0.05) is 5.39 Å². The Morgan fingerprint density at radius 1 is 1.00 bits per heavy atom. The van der Waals surface area contributed by atoms with Crippen LogP contribution in [0.1, 0.15) is 11.1 Å². The highest BCUT2D eigenvalue weighted by atomic mass is 32.2. The number of hydrogen-bond donors (Lipinski definition) is 1. The van der Waals surface area contributed by atoms with Crippen molar-refractivity contribution in [3.63, 3.8) is 0 Å². The van der Waals surface area contributed by atoms with E-state index in [1.54, 1.807) is 25.1 Å². The molecule has 0 atom stereocenters. The first-order chi connectivity index (χ1) is 7.41. The van der Waals surface area contributed by atoms with Crippen LogP contribution in [0.25, 0.3) is 10.8 Å². The minimum absolute atomic E-state index is 0.00806. The summed E-state index contributed by atoms with van der Waals surface area (Å²) in [5.74, 6) is 0. The van der Waals surface area contributed by atoms with Crippen LogP contribution in [0.3, 0.4) is 0 Å². The maximum Gasteiger partial charge on any atom is 0.295 e. The zero-order chi connectivity index (χ0) is 11.9. The number of aryl methyl sites for hydroxylation is 2. The van der Waals surface area contributed by atoms with E-state index in [1.165, 1.54) is 0 Å². The smallest absolute Gasteiger partial charge is 0.282 e. The second kappa shape index (κ2) is 3.57. The molecule has 2 aromatic carbocycles. The normalized spacial score (nSPS) is 11.9. The molecule has 1 N–H and O–H groups in total. The molecule has 3 nitrogen and oxygen atoms in total. The largest absolute Gasteiger partial charge is 0.295 e. The van der Waals surface area contributed by atoms with Gasteiger partial charge >= 0.3 is 0 Å². The van der Waals surface area contributed by atoms with Crippen LogP contribution in [0, 0.1) is 13.8 Å². The minimum atomic E-state index is -4.18. The molecule has 0 amide bonds. The first kappa shape index (κ1) is 11.1. The minimum Gasteiger partial charge on any atom is -0.282 e. The van der Waals surface area contributed by atoms with Gasteiger partial charge in [-0.1, -0.05) is 30.3 Å². The Labute approximate surface area is 94.5 Å². The zero-order valence-corrected chi connectivity index (χ0v) is 9.88. The molecule has 0 aromatic heterocycles. The maximum atomic E-state index is 11.3. The zero-order valence-electron chi connectivity index (χ0n) is 9.06. The lowest BCUT2D eigenvalue weighted by molar-refractivity contribution is 0.483. The number of fused-ring (bicyclic) bond motifs is 1. The van der Waals surface area contributed by atoms with Gasteiger partial charge in [0.1, 0.15) is 4.90 Å². The summed E-state index contributed by atoms with van der Waals surface area (Å²) >= 11 is 0. The van der Waals surface area contributed by atoms with Crippen molar-refractivity contribution in [1.29, 1.82) is 0 Å². The van der Waals surface area contributed by atoms with E-state index < -0.39 is 10.1 Å². The molecule has 2 aromatic rings. The van der Waals surface area contributed by atoms with E-state index in [0.29, 0.717) is 10.9 Å². The van der Waals surface area contributed by atoms with Crippen molar-refractivity contribution in [3.8, 4) is 0 Å². The molecular weight excluding hydrogens is 224 g/mol. The Morgan fingerprint density at radius 3 is 2.12 bits per heavy atom. The predicted octanol–water partition coefficient (Wildman–Crippen LogP) is 2.70. The molecule has 2 rings (SSSR count). The van der Waals surface area contributed by atoms with Gasteiger partial charge in [-0.25, -0.2) is 0 Å². The summed E-state index contributed by atoms with van der Waals surface area (Å²) in [5, 5.41) is 1.42. The van der Waals surface area contributed by atoms with Gasteiger partial charge in [-0.2, -0.15) is 8.42 Å². The highest BCUT2D eigenvalue weighted by Gasteiger charge is 2.17. The molecule has 0 fully saturated rings. The van der Waals surface area contributed by atoms with E-state index in [9.17, 15) is 13.0 Å². The standard InChI is InChI=1S/C12H12O3S/c1-8-7-9(2)12(16(13,14)15)11-6-4-3-5-10(8)11/h3-7H,1-2H3,(H,13,14,15). The molecule has 0 aliphatic heterocycles. The van der Waals surface area contributed by atoms with Crippen LogP contribution in [0.15, 0.2) is 35.2 Å². The molecule has 0 heterocycles. The fraction of sp³-hybridized carbons (Fsp3) is 0.167. The van der Waals surface area contributed by atoms with Crippen molar-refractivity contribution < 1.29 is 13.0 Å². The SMILES string of the molecule is Cc1cc(C)c2ccccc2c1S(=O)(=O)O. The van der Waals surface area contributed by atoms with Gasteiger partial charge in [-0.15, -0.1) is 0 Å². The lowest BCUT2D eigenvalue weighted by Crippen LogP contribution is -2.02. The summed E-state index contributed by atoms with van der Waals surface area (Å²) < 4.78 is 31.9. The molecule has 0 saturated carbocycles. The highest BCUT2D eigenvalue weighted by Crippen LogP contribution is 2.28. The highest BCUT2D eigenvalue weighted by molar-refractivity contribution is 7.86. The molecule has 0 radical (unpaired) electrons. The molecular formula is C12H12O3S. The molecule has 16 heavy (non-hydrogen) atoms. The van der Waals surface area contributed by atoms with Gasteiger partial charge in [-0.3, -0.25) is 4.55 Å². The van der Waals surface area contributed by atoms with Crippen LogP contribution < -0.4 is 0 Å². The van der Waals surface area contributed by atoms with Gasteiger partial charge in [0.25, 0.3) is 10.1 Å². The van der Waals surface area contributed by atoms with Crippen molar-refractivity contribution in [3.05, 3.63) is 41.5 Å². The van der Waals surface area contributed by atoms with Crippen LogP contribution in [-0.4, -0.2) is 13.0 Å². The quantitative estimate of drug-likeness (QED) is 0.774. The molecule has 84 valence electrons. The molecule has 4 heteroatoms. The first-order valence-electron chi connectivity index (χ1n) is 4.87. The maximum absolute atomic E-state index is 11.3. The van der Waals surface area contributed by atoms with Crippen LogP contribution in [0.4, 0.5) is 0 Å². The van der Waals surface area contributed by atoms with Crippen molar-refractivity contribution in [2.24, 2.45) is 0 Å². The van der Waals surface area contributed by atoms with Gasteiger partial charge in [-0.05, 0) is 30.4 Å². The van der Waals surface area contributed by atoms with Gasteiger partial charge in [0.05, 0.1) is 0 Å². The second-order valence-corrected chi connectivity index (χ2v) is 5.22. The topological polar surface area (TPSA) is 54.4 Å². The monoisotopic (exact) mass is 236 g/mol. The third-order valence-electron chi connectivity index (χ3n) is 2.65. The Bertz CT molecular complexity index is 657. The van der Waals surface area contributed by atoms with E-state index in [2.05, 4.69) is 0 Å². The summed E-state index contributed by atoms with van der Waals surface area (Å²) in [5.41, 5.74) is 1.57. The van der Waals surface area contributed by atoms with Gasteiger partial charge in [0.2, 0.25) is 0 Å². The van der Waals surface area contributed by atoms with Gasteiger partial charge < -0.3 is 0 Å². The van der Waals surface area contributed by atoms with Crippen molar-refractivity contribution in [2.75, 3.05) is 0 Å². The lowest BCUT2D eigenvalue weighted by atomic mass is 10.0. The molecule has 0 unspecified atom stereocenters. The average molecular weight is 236 g/mol. The van der Waals surface area contributed by atoms with Crippen molar-refractivity contribution in [2.45, 2.75) is 18.7 Å². The second-order valence-electron chi connectivity index (χ2n) is 3.86. The van der Waals surface area contributed by atoms with E-state index in [4.69, 9.17) is 0 Å². The number of hydrogen-bond acceptors (Lipinski definition) is 2. The summed E-state index contributed by atoms with van der Waals surface area (Å²) in [4.78, 5) is 0.00806. The van der Waals surface area contributed by atoms with Crippen LogP contribution in [0.2, 0.25) is 0 Å². The summed E-state index contributed by atoms with van der Waals surface area (Å²) in [7, 11) is -4.18. The van der Waals surface area contributed by atoms with E-state index in [1.807, 2.05) is 19.1 Å². The van der Waals surface area contributed by atoms with Crippen LogP contribution in [0.5, 0.6) is 0 Å². The fourth-order valence-electron chi connectivity index (χ4n) is 2.05. The van der Waals surface area contributed by atoms with Gasteiger partial charge in [0.15, 0.2) is 0 Å². The molecule has 0 saturated heterocycles. The molecule has 0 aliphatic carbocycles. The third-order valence-corrected chi connectivity index (χ3v) is 3.70. The average Bonchev–Trinajstić information content (AvgIpc) is 2.15. The van der Waals surface area contributed by atoms with Crippen molar-refractivity contribution >= 4 is 20.9 Å². The Hall–Kier alpha value is -1.39. The molecule has 0 bridgehead atoms. The summed E-state index contributed by atoms with van der Waals surface area (Å²) in [6.45, 7) is 3.60. The van der Waals surface area contributed by atoms with Crippen LogP contribution >= 0.6 is 0 Å². The Morgan fingerprint density at radius 2 is 1.56 bits per heavy atom. The first-order valence-corrected chi connectivity index (χ1v) is 6.31. The van der Waals surface area contributed by atoms with E-state index in [0.717, 1.165) is 10.9 Å². The molecule has 0 aliphatic rings. The van der Waals surface area contributed by atoms with Crippen molar-refractivity contribution in [1.82, 2.24) is 0 Å². The summed E-state index contributed by atoms with van der Waals surface area (Å²) in [6.07, 6.45) is 0. The predicted molar refractivity (Wildman–Crippen MR) is 63.2 cm³/mol. The Balaban J connectivity index is 3.05. The van der Waals surface area contributed by atoms with Crippen LogP contribution in [-0.2, 0) is 10.1 Å². The number of benzene rings is 2. The van der Waals surface area contributed by atoms with E-state index in [-0.39, 0.29) is 4.90 Å². The summed E-state index contributed by atoms with van der Waals surface area (Å²) in [6, 6.07) is 8.93. The third kappa shape index (κ3) is 1.70. The van der Waals surface area contributed by atoms with E-state index >= 15 is 0 Å². The lowest BCUT2D eigenvalue weighted by Gasteiger charge is -2.09. The number of rotatable bonds is 1.